The third-order valence-electron chi connectivity index (χ3n) is 3.88. The molecule has 1 saturated heterocycles. The summed E-state index contributed by atoms with van der Waals surface area (Å²) in [4.78, 5) is 18.9. The molecule has 0 aromatic carbocycles. The average Bonchev–Trinajstić information content (AvgIpc) is 3.13. The van der Waals surface area contributed by atoms with Crippen LogP contribution in [0.5, 0.6) is 0 Å². The molecule has 1 aliphatic heterocycles. The van der Waals surface area contributed by atoms with Crippen molar-refractivity contribution in [3.63, 3.8) is 0 Å². The van der Waals surface area contributed by atoms with Gasteiger partial charge in [0.25, 0.3) is 5.91 Å². The zero-order valence-corrected chi connectivity index (χ0v) is 13.2. The second-order valence-corrected chi connectivity index (χ2v) is 5.55. The average molecular weight is 303 g/mol. The van der Waals surface area contributed by atoms with E-state index in [0.29, 0.717) is 25.3 Å². The lowest BCUT2D eigenvalue weighted by molar-refractivity contribution is -0.0279. The molecule has 7 heteroatoms. The summed E-state index contributed by atoms with van der Waals surface area (Å²) < 4.78 is 9.52. The zero-order chi connectivity index (χ0) is 15.7. The minimum Gasteiger partial charge on any atom is -0.367 e. The lowest BCUT2D eigenvalue weighted by Gasteiger charge is -2.32. The second-order valence-electron chi connectivity index (χ2n) is 5.55. The highest BCUT2D eigenvalue weighted by molar-refractivity contribution is 5.93. The van der Waals surface area contributed by atoms with Crippen molar-refractivity contribution in [3.8, 4) is 0 Å². The van der Waals surface area contributed by atoms with E-state index in [1.165, 1.54) is 0 Å². The first kappa shape index (κ1) is 14.8. The van der Waals surface area contributed by atoms with Crippen LogP contribution < -0.4 is 0 Å². The van der Waals surface area contributed by atoms with Gasteiger partial charge in [-0.2, -0.15) is 5.10 Å². The molecular formula is C15H21N5O2. The second kappa shape index (κ2) is 5.92. The van der Waals surface area contributed by atoms with Crippen LogP contribution in [0.4, 0.5) is 0 Å². The summed E-state index contributed by atoms with van der Waals surface area (Å²) in [6.07, 6.45) is 5.20. The van der Waals surface area contributed by atoms with Gasteiger partial charge in [0.15, 0.2) is 0 Å². The maximum absolute atomic E-state index is 12.6. The third-order valence-corrected chi connectivity index (χ3v) is 3.88. The summed E-state index contributed by atoms with van der Waals surface area (Å²) in [6, 6.07) is 0. The summed E-state index contributed by atoms with van der Waals surface area (Å²) in [7, 11) is 1.95. The van der Waals surface area contributed by atoms with Crippen LogP contribution in [0.1, 0.15) is 34.9 Å². The first-order chi connectivity index (χ1) is 10.6. The Labute approximate surface area is 129 Å². The highest BCUT2D eigenvalue weighted by Crippen LogP contribution is 2.22. The normalized spacial score (nSPS) is 18.7. The molecule has 0 unspecified atom stereocenters. The molecule has 118 valence electrons. The molecule has 7 nitrogen and oxygen atoms in total. The van der Waals surface area contributed by atoms with Gasteiger partial charge in [-0.25, -0.2) is 4.98 Å². The van der Waals surface area contributed by atoms with Gasteiger partial charge in [-0.1, -0.05) is 0 Å². The quantitative estimate of drug-likeness (QED) is 0.853. The van der Waals surface area contributed by atoms with Crippen molar-refractivity contribution in [2.45, 2.75) is 26.5 Å². The van der Waals surface area contributed by atoms with E-state index >= 15 is 0 Å². The molecule has 2 aromatic rings. The molecule has 0 aliphatic carbocycles. The number of morpholine rings is 1. The van der Waals surface area contributed by atoms with E-state index in [9.17, 15) is 4.79 Å². The molecule has 0 saturated carbocycles. The molecule has 3 rings (SSSR count). The summed E-state index contributed by atoms with van der Waals surface area (Å²) in [5, 5.41) is 4.17. The predicted octanol–water partition coefficient (Wildman–Crippen LogP) is 1.16. The van der Waals surface area contributed by atoms with Crippen molar-refractivity contribution in [3.05, 3.63) is 35.7 Å². The Hall–Kier alpha value is -2.15. The first-order valence-electron chi connectivity index (χ1n) is 7.51. The van der Waals surface area contributed by atoms with E-state index in [4.69, 9.17) is 4.74 Å². The summed E-state index contributed by atoms with van der Waals surface area (Å²) in [5.74, 6) is 0.859. The fraction of sp³-hybridized carbons (Fsp3) is 0.533. The van der Waals surface area contributed by atoms with Crippen LogP contribution in [-0.2, 0) is 18.3 Å². The Kier molecular flexibility index (Phi) is 3.98. The highest BCUT2D eigenvalue weighted by Gasteiger charge is 2.29. The van der Waals surface area contributed by atoms with Crippen LogP contribution in [0.2, 0.25) is 0 Å². The van der Waals surface area contributed by atoms with Crippen molar-refractivity contribution < 1.29 is 9.53 Å². The molecule has 1 fully saturated rings. The maximum Gasteiger partial charge on any atom is 0.257 e. The zero-order valence-electron chi connectivity index (χ0n) is 13.2. The fourth-order valence-corrected chi connectivity index (χ4v) is 2.75. The summed E-state index contributed by atoms with van der Waals surface area (Å²) >= 11 is 0. The monoisotopic (exact) mass is 303 g/mol. The number of hydrogen-bond acceptors (Lipinski definition) is 4. The Morgan fingerprint density at radius 3 is 2.91 bits per heavy atom. The van der Waals surface area contributed by atoms with E-state index in [1.807, 2.05) is 36.6 Å². The number of hydrogen-bond donors (Lipinski definition) is 0. The molecule has 0 radical (unpaired) electrons. The predicted molar refractivity (Wildman–Crippen MR) is 80.4 cm³/mol. The van der Waals surface area contributed by atoms with Crippen LogP contribution in [0.3, 0.4) is 0 Å². The molecule has 0 spiro atoms. The Bertz CT molecular complexity index is 675. The van der Waals surface area contributed by atoms with Crippen molar-refractivity contribution in [2.24, 2.45) is 7.05 Å². The molecular weight excluding hydrogens is 282 g/mol. The molecule has 0 bridgehead atoms. The van der Waals surface area contributed by atoms with Crippen molar-refractivity contribution in [1.29, 1.82) is 0 Å². The number of amides is 1. The summed E-state index contributed by atoms with van der Waals surface area (Å²) in [6.45, 7) is 6.33. The van der Waals surface area contributed by atoms with Crippen LogP contribution in [0.25, 0.3) is 0 Å². The molecule has 3 heterocycles. The molecule has 0 N–H and O–H groups in total. The number of ether oxygens (including phenoxy) is 1. The van der Waals surface area contributed by atoms with Crippen molar-refractivity contribution in [1.82, 2.24) is 24.2 Å². The van der Waals surface area contributed by atoms with Gasteiger partial charge >= 0.3 is 0 Å². The van der Waals surface area contributed by atoms with Crippen LogP contribution >= 0.6 is 0 Å². The summed E-state index contributed by atoms with van der Waals surface area (Å²) in [5.41, 5.74) is 1.58. The highest BCUT2D eigenvalue weighted by atomic mass is 16.5. The number of rotatable bonds is 3. The number of aromatic nitrogens is 4. The largest absolute Gasteiger partial charge is 0.367 e. The topological polar surface area (TPSA) is 65.2 Å². The van der Waals surface area contributed by atoms with E-state index in [2.05, 4.69) is 10.1 Å². The van der Waals surface area contributed by atoms with Gasteiger partial charge in [0, 0.05) is 32.5 Å². The van der Waals surface area contributed by atoms with E-state index in [-0.39, 0.29) is 12.0 Å². The van der Waals surface area contributed by atoms with Gasteiger partial charge in [-0.3, -0.25) is 9.48 Å². The Morgan fingerprint density at radius 1 is 1.45 bits per heavy atom. The molecule has 22 heavy (non-hydrogen) atoms. The first-order valence-corrected chi connectivity index (χ1v) is 7.51. The Morgan fingerprint density at radius 2 is 2.27 bits per heavy atom. The molecule has 1 atom stereocenters. The number of carbonyl (C=O) groups is 1. The smallest absolute Gasteiger partial charge is 0.257 e. The number of nitrogens with zero attached hydrogens (tertiary/aromatic N) is 5. The van der Waals surface area contributed by atoms with E-state index in [1.54, 1.807) is 17.1 Å². The molecule has 1 amide bonds. The van der Waals surface area contributed by atoms with E-state index in [0.717, 1.165) is 18.1 Å². The maximum atomic E-state index is 12.6. The van der Waals surface area contributed by atoms with Crippen molar-refractivity contribution in [2.75, 3.05) is 19.7 Å². The molecule has 1 aliphatic rings. The lowest BCUT2D eigenvalue weighted by atomic mass is 10.2. The Balaban J connectivity index is 1.75. The molecule has 2 aromatic heterocycles. The minimum absolute atomic E-state index is 0.000990. The van der Waals surface area contributed by atoms with Crippen molar-refractivity contribution >= 4 is 5.91 Å². The number of aryl methyl sites for hydroxylation is 3. The van der Waals surface area contributed by atoms with Gasteiger partial charge in [-0.15, -0.1) is 0 Å². The van der Waals surface area contributed by atoms with Gasteiger partial charge in [0.05, 0.1) is 30.6 Å². The lowest BCUT2D eigenvalue weighted by Crippen LogP contribution is -2.42. The fourth-order valence-electron chi connectivity index (χ4n) is 2.75. The number of carbonyl (C=O) groups excluding carboxylic acids is 1. The van der Waals surface area contributed by atoms with Gasteiger partial charge in [0.2, 0.25) is 0 Å². The van der Waals surface area contributed by atoms with Crippen LogP contribution in [-0.4, -0.2) is 49.8 Å². The van der Waals surface area contributed by atoms with Gasteiger partial charge < -0.3 is 14.2 Å². The third kappa shape index (κ3) is 2.76. The van der Waals surface area contributed by atoms with Crippen LogP contribution in [0.15, 0.2) is 18.6 Å². The standard InChI is InChI=1S/C15H21N5O2/c1-4-20-9-12(7-16-20)15(21)19-5-6-22-13(10-19)14-17-11(2)8-18(14)3/h7-9,13H,4-6,10H2,1-3H3/t13-/m1/s1. The van der Waals surface area contributed by atoms with Crippen LogP contribution in [0, 0.1) is 6.92 Å². The van der Waals surface area contributed by atoms with Gasteiger partial charge in [0.1, 0.15) is 11.9 Å². The van der Waals surface area contributed by atoms with E-state index < -0.39 is 0 Å². The SMILES string of the molecule is CCn1cc(C(=O)N2CCO[C@@H](c3nc(C)cn3C)C2)cn1. The van der Waals surface area contributed by atoms with Gasteiger partial charge in [-0.05, 0) is 13.8 Å². The minimum atomic E-state index is -0.183. The number of imidazole rings is 1.